The van der Waals surface area contributed by atoms with Gasteiger partial charge in [-0.3, -0.25) is 9.59 Å². The normalized spacial score (nSPS) is 20.4. The van der Waals surface area contributed by atoms with Crippen LogP contribution in [0.3, 0.4) is 0 Å². The molecule has 0 saturated carbocycles. The van der Waals surface area contributed by atoms with Crippen LogP contribution in [0.5, 0.6) is 0 Å². The Labute approximate surface area is 143 Å². The summed E-state index contributed by atoms with van der Waals surface area (Å²) in [6.45, 7) is 3.92. The predicted octanol–water partition coefficient (Wildman–Crippen LogP) is 1.47. The summed E-state index contributed by atoms with van der Waals surface area (Å²) < 4.78 is 23.1. The van der Waals surface area contributed by atoms with Crippen molar-refractivity contribution in [3.63, 3.8) is 0 Å². The molecule has 0 aromatic heterocycles. The van der Waals surface area contributed by atoms with Gasteiger partial charge in [0.1, 0.15) is 0 Å². The molecule has 0 radical (unpaired) electrons. The first-order valence-electron chi connectivity index (χ1n) is 8.12. The lowest BCUT2D eigenvalue weighted by atomic mass is 10.1. The molecule has 0 spiro atoms. The number of rotatable bonds is 5. The molecule has 2 atom stereocenters. The molecule has 1 aliphatic rings. The number of amides is 2. The molecule has 1 saturated heterocycles. The number of carbonyl (C=O) groups is 2. The Morgan fingerprint density at radius 3 is 2.33 bits per heavy atom. The van der Waals surface area contributed by atoms with Crippen LogP contribution in [0.1, 0.15) is 47.4 Å². The Bertz CT molecular complexity index is 713. The Balaban J connectivity index is 2.04. The molecule has 1 heterocycles. The van der Waals surface area contributed by atoms with Gasteiger partial charge < -0.3 is 10.2 Å². The van der Waals surface area contributed by atoms with Gasteiger partial charge in [-0.15, -0.1) is 0 Å². The second-order valence-corrected chi connectivity index (χ2v) is 8.56. The Morgan fingerprint density at radius 2 is 1.83 bits per heavy atom. The van der Waals surface area contributed by atoms with Crippen LogP contribution in [0.4, 0.5) is 0 Å². The maximum absolute atomic E-state index is 12.5. The van der Waals surface area contributed by atoms with Crippen LogP contribution >= 0.6 is 0 Å². The summed E-state index contributed by atoms with van der Waals surface area (Å²) in [4.78, 5) is 26.0. The van der Waals surface area contributed by atoms with Crippen molar-refractivity contribution < 1.29 is 18.0 Å². The monoisotopic (exact) mass is 352 g/mol. The van der Waals surface area contributed by atoms with Gasteiger partial charge in [0.2, 0.25) is 0 Å². The average Bonchev–Trinajstić information content (AvgIpc) is 2.93. The van der Waals surface area contributed by atoms with Gasteiger partial charge >= 0.3 is 0 Å². The van der Waals surface area contributed by atoms with Crippen LogP contribution in [0, 0.1) is 0 Å². The number of sulfone groups is 1. The van der Waals surface area contributed by atoms with Gasteiger partial charge in [0.25, 0.3) is 11.8 Å². The van der Waals surface area contributed by atoms with Crippen molar-refractivity contribution in [2.75, 3.05) is 18.6 Å². The van der Waals surface area contributed by atoms with E-state index >= 15 is 0 Å². The van der Waals surface area contributed by atoms with Gasteiger partial charge in [0.05, 0.1) is 11.5 Å². The largest absolute Gasteiger partial charge is 0.350 e. The molecular weight excluding hydrogens is 328 g/mol. The fourth-order valence-corrected chi connectivity index (χ4v) is 4.40. The predicted molar refractivity (Wildman–Crippen MR) is 92.8 cm³/mol. The van der Waals surface area contributed by atoms with Gasteiger partial charge in [0, 0.05) is 30.3 Å². The average molecular weight is 352 g/mol. The van der Waals surface area contributed by atoms with Gasteiger partial charge in [0.15, 0.2) is 9.84 Å². The van der Waals surface area contributed by atoms with Crippen LogP contribution in [0.2, 0.25) is 0 Å². The van der Waals surface area contributed by atoms with Gasteiger partial charge in [-0.25, -0.2) is 8.42 Å². The first kappa shape index (κ1) is 18.4. The molecule has 132 valence electrons. The summed E-state index contributed by atoms with van der Waals surface area (Å²) in [5, 5.41) is 2.87. The molecule has 1 N–H and O–H groups in total. The van der Waals surface area contributed by atoms with Crippen molar-refractivity contribution in [3.05, 3.63) is 35.4 Å². The molecule has 6 nitrogen and oxygen atoms in total. The van der Waals surface area contributed by atoms with E-state index in [-0.39, 0.29) is 35.4 Å². The van der Waals surface area contributed by atoms with E-state index in [0.29, 0.717) is 17.5 Å². The quantitative estimate of drug-likeness (QED) is 0.870. The number of hydrogen-bond acceptors (Lipinski definition) is 4. The molecule has 1 aromatic carbocycles. The zero-order chi connectivity index (χ0) is 17.9. The standard InChI is InChI=1S/C17H24N2O4S/c1-4-12(2)18-16(20)13-5-7-14(8-6-13)17(21)19(3)15-9-10-24(22,23)11-15/h5-8,12,15H,4,9-11H2,1-3H3,(H,18,20). The minimum atomic E-state index is -3.04. The number of nitrogens with zero attached hydrogens (tertiary/aromatic N) is 1. The Kier molecular flexibility index (Phi) is 5.64. The van der Waals surface area contributed by atoms with Gasteiger partial charge in [-0.2, -0.15) is 0 Å². The summed E-state index contributed by atoms with van der Waals surface area (Å²) in [7, 11) is -1.41. The Hall–Kier alpha value is -1.89. The molecule has 1 fully saturated rings. The summed E-state index contributed by atoms with van der Waals surface area (Å²) in [6, 6.07) is 6.25. The van der Waals surface area contributed by atoms with Crippen molar-refractivity contribution in [1.82, 2.24) is 10.2 Å². The zero-order valence-electron chi connectivity index (χ0n) is 14.3. The number of hydrogen-bond donors (Lipinski definition) is 1. The third-order valence-electron chi connectivity index (χ3n) is 4.46. The summed E-state index contributed by atoms with van der Waals surface area (Å²) >= 11 is 0. The summed E-state index contributed by atoms with van der Waals surface area (Å²) in [5.41, 5.74) is 0.944. The van der Waals surface area contributed by atoms with Crippen molar-refractivity contribution in [2.24, 2.45) is 0 Å². The van der Waals surface area contributed by atoms with Crippen LogP contribution in [-0.4, -0.2) is 55.8 Å². The van der Waals surface area contributed by atoms with Crippen molar-refractivity contribution in [3.8, 4) is 0 Å². The second-order valence-electron chi connectivity index (χ2n) is 6.33. The van der Waals surface area contributed by atoms with Crippen molar-refractivity contribution in [2.45, 2.75) is 38.8 Å². The minimum Gasteiger partial charge on any atom is -0.350 e. The van der Waals surface area contributed by atoms with Crippen LogP contribution in [-0.2, 0) is 9.84 Å². The third kappa shape index (κ3) is 4.35. The first-order valence-corrected chi connectivity index (χ1v) is 9.94. The van der Waals surface area contributed by atoms with Crippen molar-refractivity contribution >= 4 is 21.7 Å². The lowest BCUT2D eigenvalue weighted by molar-refractivity contribution is 0.0747. The zero-order valence-corrected chi connectivity index (χ0v) is 15.1. The first-order chi connectivity index (χ1) is 11.2. The van der Waals surface area contributed by atoms with E-state index in [1.807, 2.05) is 13.8 Å². The van der Waals surface area contributed by atoms with Crippen LogP contribution in [0.25, 0.3) is 0 Å². The highest BCUT2D eigenvalue weighted by molar-refractivity contribution is 7.91. The molecule has 2 unspecified atom stereocenters. The topological polar surface area (TPSA) is 83.6 Å². The number of nitrogens with one attached hydrogen (secondary N) is 1. The highest BCUT2D eigenvalue weighted by Gasteiger charge is 2.33. The fourth-order valence-electron chi connectivity index (χ4n) is 2.62. The summed E-state index contributed by atoms with van der Waals surface area (Å²) in [6.07, 6.45) is 1.32. The molecule has 0 bridgehead atoms. The lowest BCUT2D eigenvalue weighted by Gasteiger charge is -2.23. The molecule has 1 aromatic rings. The van der Waals surface area contributed by atoms with E-state index in [1.165, 1.54) is 4.90 Å². The molecule has 7 heteroatoms. The minimum absolute atomic E-state index is 0.0185. The molecule has 1 aliphatic heterocycles. The van der Waals surface area contributed by atoms with E-state index in [1.54, 1.807) is 31.3 Å². The number of benzene rings is 1. The van der Waals surface area contributed by atoms with E-state index in [9.17, 15) is 18.0 Å². The van der Waals surface area contributed by atoms with E-state index in [2.05, 4.69) is 5.32 Å². The molecule has 2 rings (SSSR count). The van der Waals surface area contributed by atoms with E-state index in [4.69, 9.17) is 0 Å². The van der Waals surface area contributed by atoms with Crippen LogP contribution in [0.15, 0.2) is 24.3 Å². The SMILES string of the molecule is CCC(C)NC(=O)c1ccc(C(=O)N(C)C2CCS(=O)(=O)C2)cc1. The maximum Gasteiger partial charge on any atom is 0.253 e. The molecular formula is C17H24N2O4S. The molecule has 24 heavy (non-hydrogen) atoms. The molecule has 0 aliphatic carbocycles. The molecule has 2 amide bonds. The number of carbonyl (C=O) groups excluding carboxylic acids is 2. The smallest absolute Gasteiger partial charge is 0.253 e. The van der Waals surface area contributed by atoms with Crippen LogP contribution < -0.4 is 5.32 Å². The highest BCUT2D eigenvalue weighted by atomic mass is 32.2. The highest BCUT2D eigenvalue weighted by Crippen LogP contribution is 2.18. The second kappa shape index (κ2) is 7.34. The lowest BCUT2D eigenvalue weighted by Crippen LogP contribution is -2.37. The van der Waals surface area contributed by atoms with Gasteiger partial charge in [-0.05, 0) is 44.0 Å². The third-order valence-corrected chi connectivity index (χ3v) is 6.21. The van der Waals surface area contributed by atoms with Gasteiger partial charge in [-0.1, -0.05) is 6.92 Å². The van der Waals surface area contributed by atoms with E-state index in [0.717, 1.165) is 6.42 Å². The summed E-state index contributed by atoms with van der Waals surface area (Å²) in [5.74, 6) is -0.251. The fraction of sp³-hybridized carbons (Fsp3) is 0.529. The van der Waals surface area contributed by atoms with E-state index < -0.39 is 9.84 Å². The van der Waals surface area contributed by atoms with Crippen molar-refractivity contribution in [1.29, 1.82) is 0 Å². The Morgan fingerprint density at radius 1 is 1.25 bits per heavy atom. The maximum atomic E-state index is 12.5.